The van der Waals surface area contributed by atoms with E-state index in [2.05, 4.69) is 39.2 Å². The molecule has 0 bridgehead atoms. The average molecular weight is 390 g/mol. The van der Waals surface area contributed by atoms with Gasteiger partial charge in [-0.05, 0) is 54.7 Å². The van der Waals surface area contributed by atoms with E-state index in [1.54, 1.807) is 15.9 Å². The molecule has 3 aromatic rings. The lowest BCUT2D eigenvalue weighted by Crippen LogP contribution is -2.29. The number of hydrogen-bond acceptors (Lipinski definition) is 4. The number of rotatable bonds is 6. The van der Waals surface area contributed by atoms with E-state index >= 15 is 0 Å². The molecule has 0 radical (unpaired) electrons. The van der Waals surface area contributed by atoms with Gasteiger partial charge in [0.15, 0.2) is 0 Å². The smallest absolute Gasteiger partial charge is 0.253 e. The van der Waals surface area contributed by atoms with Crippen molar-refractivity contribution in [3.05, 3.63) is 77.9 Å². The summed E-state index contributed by atoms with van der Waals surface area (Å²) in [6, 6.07) is 16.3. The highest BCUT2D eigenvalue weighted by Crippen LogP contribution is 2.21. The molecule has 1 aromatic heterocycles. The minimum absolute atomic E-state index is 0.0254. The predicted octanol–water partition coefficient (Wildman–Crippen LogP) is 3.59. The van der Waals surface area contributed by atoms with Crippen molar-refractivity contribution in [3.63, 3.8) is 0 Å². The Balaban J connectivity index is 1.35. The van der Waals surface area contributed by atoms with E-state index in [4.69, 9.17) is 0 Å². The van der Waals surface area contributed by atoms with Gasteiger partial charge in [-0.25, -0.2) is 9.67 Å². The molecule has 0 saturated carbocycles. The molecule has 0 aliphatic carbocycles. The van der Waals surface area contributed by atoms with Gasteiger partial charge >= 0.3 is 0 Å². The molecule has 4 rings (SSSR count). The number of benzene rings is 2. The molecule has 0 spiro atoms. The van der Waals surface area contributed by atoms with Gasteiger partial charge in [0.05, 0.1) is 6.54 Å². The maximum atomic E-state index is 12.8. The Labute approximate surface area is 171 Å². The highest BCUT2D eigenvalue weighted by Gasteiger charge is 2.14. The fraction of sp³-hybridized carbons (Fsp3) is 0.348. The molecule has 0 unspecified atom stereocenters. The summed E-state index contributed by atoms with van der Waals surface area (Å²) in [5.74, 6) is 0.0254. The second-order valence-corrected chi connectivity index (χ2v) is 7.67. The lowest BCUT2D eigenvalue weighted by Gasteiger charge is -2.29. The van der Waals surface area contributed by atoms with Crippen LogP contribution < -0.4 is 4.90 Å². The molecule has 1 aliphatic heterocycles. The Morgan fingerprint density at radius 3 is 2.31 bits per heavy atom. The van der Waals surface area contributed by atoms with Crippen LogP contribution in [0.5, 0.6) is 0 Å². The first-order chi connectivity index (χ1) is 14.2. The van der Waals surface area contributed by atoms with Gasteiger partial charge < -0.3 is 9.80 Å². The van der Waals surface area contributed by atoms with Crippen molar-refractivity contribution < 1.29 is 4.79 Å². The summed E-state index contributed by atoms with van der Waals surface area (Å²) in [7, 11) is 1.85. The molecule has 1 saturated heterocycles. The molecule has 1 fully saturated rings. The van der Waals surface area contributed by atoms with Crippen molar-refractivity contribution in [1.82, 2.24) is 19.7 Å². The molecule has 1 aliphatic rings. The van der Waals surface area contributed by atoms with Gasteiger partial charge in [-0.3, -0.25) is 4.79 Å². The Kier molecular flexibility index (Phi) is 5.89. The van der Waals surface area contributed by atoms with Gasteiger partial charge in [-0.15, -0.1) is 0 Å². The van der Waals surface area contributed by atoms with E-state index in [9.17, 15) is 4.79 Å². The molecule has 6 heteroatoms. The second-order valence-electron chi connectivity index (χ2n) is 7.67. The third kappa shape index (κ3) is 4.83. The molecular formula is C23H27N5O. The summed E-state index contributed by atoms with van der Waals surface area (Å²) in [4.78, 5) is 20.9. The lowest BCUT2D eigenvalue weighted by atomic mass is 10.1. The monoisotopic (exact) mass is 389 g/mol. The first-order valence-corrected chi connectivity index (χ1v) is 10.2. The summed E-state index contributed by atoms with van der Waals surface area (Å²) in [5.41, 5.74) is 4.21. The average Bonchev–Trinajstić information content (AvgIpc) is 3.28. The largest absolute Gasteiger partial charge is 0.372 e. The van der Waals surface area contributed by atoms with Crippen molar-refractivity contribution in [2.75, 3.05) is 25.0 Å². The number of piperidine rings is 1. The Morgan fingerprint density at radius 1 is 0.966 bits per heavy atom. The molecule has 150 valence electrons. The van der Waals surface area contributed by atoms with Crippen LogP contribution in [0.4, 0.5) is 5.69 Å². The van der Waals surface area contributed by atoms with E-state index in [-0.39, 0.29) is 5.91 Å². The number of amides is 1. The molecule has 0 N–H and O–H groups in total. The molecular weight excluding hydrogens is 362 g/mol. The van der Waals surface area contributed by atoms with Crippen LogP contribution in [-0.4, -0.2) is 45.7 Å². The number of nitrogens with zero attached hydrogens (tertiary/aromatic N) is 5. The van der Waals surface area contributed by atoms with Crippen LogP contribution in [0.15, 0.2) is 61.2 Å². The van der Waals surface area contributed by atoms with Crippen molar-refractivity contribution in [3.8, 4) is 0 Å². The van der Waals surface area contributed by atoms with Crippen LogP contribution in [0.2, 0.25) is 0 Å². The second kappa shape index (κ2) is 8.90. The summed E-state index contributed by atoms with van der Waals surface area (Å²) < 4.78 is 1.76. The van der Waals surface area contributed by atoms with Gasteiger partial charge in [0.2, 0.25) is 0 Å². The van der Waals surface area contributed by atoms with Crippen molar-refractivity contribution in [2.45, 2.75) is 32.4 Å². The van der Waals surface area contributed by atoms with Crippen LogP contribution in [0, 0.1) is 0 Å². The predicted molar refractivity (Wildman–Crippen MR) is 114 cm³/mol. The highest BCUT2D eigenvalue weighted by molar-refractivity contribution is 5.94. The number of carbonyl (C=O) groups excluding carboxylic acids is 1. The molecule has 29 heavy (non-hydrogen) atoms. The van der Waals surface area contributed by atoms with E-state index in [0.717, 1.165) is 24.2 Å². The molecule has 2 aromatic carbocycles. The fourth-order valence-corrected chi connectivity index (χ4v) is 3.78. The van der Waals surface area contributed by atoms with Crippen LogP contribution in [0.3, 0.4) is 0 Å². The quantitative estimate of drug-likeness (QED) is 0.647. The number of aromatic nitrogens is 3. The van der Waals surface area contributed by atoms with E-state index in [0.29, 0.717) is 18.7 Å². The number of anilines is 1. The molecule has 0 atom stereocenters. The topological polar surface area (TPSA) is 54.3 Å². The minimum atomic E-state index is 0.0254. The first kappa shape index (κ1) is 19.2. The Bertz CT molecular complexity index is 913. The van der Waals surface area contributed by atoms with Gasteiger partial charge in [-0.1, -0.05) is 24.3 Å². The third-order valence-corrected chi connectivity index (χ3v) is 5.44. The Morgan fingerprint density at radius 2 is 1.66 bits per heavy atom. The molecule has 6 nitrogen and oxygen atoms in total. The maximum absolute atomic E-state index is 12.8. The highest BCUT2D eigenvalue weighted by atomic mass is 16.2. The normalized spacial score (nSPS) is 14.0. The van der Waals surface area contributed by atoms with E-state index in [1.807, 2.05) is 31.3 Å². The standard InChI is InChI=1S/C23H27N5O/c1-26(15-19-7-11-22(12-8-19)27-13-3-2-4-14-27)23(29)21-9-5-20(6-10-21)16-28-18-24-17-25-28/h5-12,17-18H,2-4,13-16H2,1H3. The molecule has 2 heterocycles. The fourth-order valence-electron chi connectivity index (χ4n) is 3.78. The first-order valence-electron chi connectivity index (χ1n) is 10.2. The number of carbonyl (C=O) groups is 1. The third-order valence-electron chi connectivity index (χ3n) is 5.44. The summed E-state index contributed by atoms with van der Waals surface area (Å²) in [6.07, 6.45) is 7.09. The van der Waals surface area contributed by atoms with Crippen molar-refractivity contribution in [1.29, 1.82) is 0 Å². The zero-order chi connectivity index (χ0) is 20.1. The van der Waals surface area contributed by atoms with Crippen LogP contribution in [-0.2, 0) is 13.1 Å². The lowest BCUT2D eigenvalue weighted by molar-refractivity contribution is 0.0785. The van der Waals surface area contributed by atoms with Crippen LogP contribution in [0.25, 0.3) is 0 Å². The zero-order valence-electron chi connectivity index (χ0n) is 16.9. The SMILES string of the molecule is CN(Cc1ccc(N2CCCCC2)cc1)C(=O)c1ccc(Cn2cncn2)cc1. The van der Waals surface area contributed by atoms with Gasteiger partial charge in [0, 0.05) is 37.9 Å². The maximum Gasteiger partial charge on any atom is 0.253 e. The van der Waals surface area contributed by atoms with Crippen molar-refractivity contribution >= 4 is 11.6 Å². The van der Waals surface area contributed by atoms with Crippen LogP contribution >= 0.6 is 0 Å². The summed E-state index contributed by atoms with van der Waals surface area (Å²) >= 11 is 0. The van der Waals surface area contributed by atoms with Gasteiger partial charge in [-0.2, -0.15) is 5.10 Å². The zero-order valence-corrected chi connectivity index (χ0v) is 16.9. The van der Waals surface area contributed by atoms with Gasteiger partial charge in [0.25, 0.3) is 5.91 Å². The van der Waals surface area contributed by atoms with E-state index in [1.165, 1.54) is 31.3 Å². The Hall–Kier alpha value is -3.15. The van der Waals surface area contributed by atoms with Crippen molar-refractivity contribution in [2.24, 2.45) is 0 Å². The summed E-state index contributed by atoms with van der Waals surface area (Å²) in [6.45, 7) is 3.53. The van der Waals surface area contributed by atoms with Gasteiger partial charge in [0.1, 0.15) is 12.7 Å². The molecule has 1 amide bonds. The summed E-state index contributed by atoms with van der Waals surface area (Å²) in [5, 5.41) is 4.11. The van der Waals surface area contributed by atoms with Crippen LogP contribution in [0.1, 0.15) is 40.7 Å². The minimum Gasteiger partial charge on any atom is -0.372 e. The van der Waals surface area contributed by atoms with E-state index < -0.39 is 0 Å². The number of hydrogen-bond donors (Lipinski definition) is 0.